The molecule has 0 fully saturated rings. The first-order valence-corrected chi connectivity index (χ1v) is 6.14. The summed E-state index contributed by atoms with van der Waals surface area (Å²) in [6.45, 7) is 1.70. The average Bonchev–Trinajstić information content (AvgIpc) is 2.42. The highest BCUT2D eigenvalue weighted by Crippen LogP contribution is 2.18. The number of nitrogens with zero attached hydrogens (tertiary/aromatic N) is 1. The van der Waals surface area contributed by atoms with E-state index in [0.717, 1.165) is 0 Å². The van der Waals surface area contributed by atoms with Gasteiger partial charge in [-0.1, -0.05) is 0 Å². The molecule has 1 aromatic rings. The highest BCUT2D eigenvalue weighted by molar-refractivity contribution is 5.97. The lowest BCUT2D eigenvalue weighted by molar-refractivity contribution is -0.385. The summed E-state index contributed by atoms with van der Waals surface area (Å²) >= 11 is 0. The lowest BCUT2D eigenvalue weighted by Gasteiger charge is -2.14. The van der Waals surface area contributed by atoms with Crippen molar-refractivity contribution in [3.05, 3.63) is 39.4 Å². The van der Waals surface area contributed by atoms with Crippen LogP contribution in [0.15, 0.2) is 18.2 Å². The first kappa shape index (κ1) is 16.6. The molecule has 0 aliphatic rings. The van der Waals surface area contributed by atoms with E-state index in [1.54, 1.807) is 0 Å². The van der Waals surface area contributed by atoms with E-state index in [1.165, 1.54) is 32.2 Å². The fourth-order valence-corrected chi connectivity index (χ4v) is 1.74. The van der Waals surface area contributed by atoms with Gasteiger partial charge in [-0.3, -0.25) is 14.9 Å². The van der Waals surface area contributed by atoms with Crippen molar-refractivity contribution >= 4 is 17.6 Å². The van der Waals surface area contributed by atoms with Crippen LogP contribution in [0.25, 0.3) is 0 Å². The monoisotopic (exact) mass is 296 g/mol. The number of amides is 1. The summed E-state index contributed by atoms with van der Waals surface area (Å²) in [5.74, 6) is -1.77. The van der Waals surface area contributed by atoms with E-state index in [-0.39, 0.29) is 24.3 Å². The molecule has 0 heterocycles. The van der Waals surface area contributed by atoms with Crippen molar-refractivity contribution in [2.45, 2.75) is 19.4 Å². The van der Waals surface area contributed by atoms with Crippen molar-refractivity contribution in [2.75, 3.05) is 13.7 Å². The van der Waals surface area contributed by atoms with Crippen LogP contribution in [0.2, 0.25) is 0 Å². The van der Waals surface area contributed by atoms with Crippen molar-refractivity contribution in [1.29, 1.82) is 0 Å². The summed E-state index contributed by atoms with van der Waals surface area (Å²) < 4.78 is 4.78. The van der Waals surface area contributed by atoms with Crippen molar-refractivity contribution in [3.63, 3.8) is 0 Å². The van der Waals surface area contributed by atoms with Crippen LogP contribution >= 0.6 is 0 Å². The van der Waals surface area contributed by atoms with Gasteiger partial charge in [0, 0.05) is 37.3 Å². The molecule has 0 saturated heterocycles. The maximum absolute atomic E-state index is 12.0. The Morgan fingerprint density at radius 3 is 2.62 bits per heavy atom. The molecule has 8 nitrogen and oxygen atoms in total. The Labute approximate surface area is 120 Å². The number of rotatable bonds is 7. The van der Waals surface area contributed by atoms with Crippen LogP contribution in [0.1, 0.15) is 22.3 Å². The number of ether oxygens (including phenoxy) is 1. The van der Waals surface area contributed by atoms with E-state index in [4.69, 9.17) is 9.84 Å². The van der Waals surface area contributed by atoms with Crippen LogP contribution in [0.3, 0.4) is 0 Å². The third kappa shape index (κ3) is 4.53. The Morgan fingerprint density at radius 2 is 2.14 bits per heavy atom. The van der Waals surface area contributed by atoms with Crippen LogP contribution < -0.4 is 5.32 Å². The number of nitro groups is 1. The van der Waals surface area contributed by atoms with E-state index in [1.807, 2.05) is 0 Å². The SMILES string of the molecule is COCCC(NC(=O)c1ccc([N+](=O)[O-])c(C)c1)C(=O)O. The van der Waals surface area contributed by atoms with Gasteiger partial charge in [0.2, 0.25) is 0 Å². The second-order valence-electron chi connectivity index (χ2n) is 4.40. The first-order valence-electron chi connectivity index (χ1n) is 6.14. The molecular weight excluding hydrogens is 280 g/mol. The van der Waals surface area contributed by atoms with Gasteiger partial charge in [0.25, 0.3) is 11.6 Å². The Balaban J connectivity index is 2.85. The summed E-state index contributed by atoms with van der Waals surface area (Å²) in [5.41, 5.74) is 0.402. The lowest BCUT2D eigenvalue weighted by Crippen LogP contribution is -2.41. The van der Waals surface area contributed by atoms with Crippen molar-refractivity contribution in [2.24, 2.45) is 0 Å². The number of hydrogen-bond donors (Lipinski definition) is 2. The number of hydrogen-bond acceptors (Lipinski definition) is 5. The van der Waals surface area contributed by atoms with Gasteiger partial charge in [-0.25, -0.2) is 4.79 Å². The molecule has 0 bridgehead atoms. The summed E-state index contributed by atoms with van der Waals surface area (Å²) in [6, 6.07) is 2.78. The Bertz CT molecular complexity index is 558. The second kappa shape index (κ2) is 7.34. The molecule has 0 aromatic heterocycles. The highest BCUT2D eigenvalue weighted by Gasteiger charge is 2.21. The van der Waals surface area contributed by atoms with Gasteiger partial charge in [0.15, 0.2) is 0 Å². The molecule has 0 aliphatic heterocycles. The van der Waals surface area contributed by atoms with Gasteiger partial charge in [-0.2, -0.15) is 0 Å². The number of nitro benzene ring substituents is 1. The minimum Gasteiger partial charge on any atom is -0.480 e. The molecule has 0 spiro atoms. The fourth-order valence-electron chi connectivity index (χ4n) is 1.74. The molecular formula is C13H16N2O6. The number of carbonyl (C=O) groups excluding carboxylic acids is 1. The smallest absolute Gasteiger partial charge is 0.326 e. The van der Waals surface area contributed by atoms with Gasteiger partial charge in [-0.15, -0.1) is 0 Å². The van der Waals surface area contributed by atoms with E-state index < -0.39 is 22.8 Å². The Kier molecular flexibility index (Phi) is 5.79. The second-order valence-corrected chi connectivity index (χ2v) is 4.40. The highest BCUT2D eigenvalue weighted by atomic mass is 16.6. The number of methoxy groups -OCH3 is 1. The molecule has 2 N–H and O–H groups in total. The van der Waals surface area contributed by atoms with Gasteiger partial charge >= 0.3 is 5.97 Å². The molecule has 0 radical (unpaired) electrons. The molecule has 8 heteroatoms. The third-order valence-electron chi connectivity index (χ3n) is 2.87. The first-order chi connectivity index (χ1) is 9.86. The summed E-state index contributed by atoms with van der Waals surface area (Å²) in [4.78, 5) is 33.1. The van der Waals surface area contributed by atoms with Crippen LogP contribution in [0.5, 0.6) is 0 Å². The van der Waals surface area contributed by atoms with Crippen LogP contribution in [-0.4, -0.2) is 41.7 Å². The number of aliphatic carboxylic acids is 1. The van der Waals surface area contributed by atoms with E-state index in [9.17, 15) is 19.7 Å². The topological polar surface area (TPSA) is 119 Å². The minimum absolute atomic E-state index is 0.0966. The number of carboxylic acid groups (broad SMARTS) is 1. The van der Waals surface area contributed by atoms with Crippen LogP contribution in [-0.2, 0) is 9.53 Å². The zero-order valence-corrected chi connectivity index (χ0v) is 11.7. The van der Waals surface area contributed by atoms with Crippen LogP contribution in [0, 0.1) is 17.0 Å². The van der Waals surface area contributed by atoms with Gasteiger partial charge in [0.05, 0.1) is 4.92 Å². The van der Waals surface area contributed by atoms with Gasteiger partial charge < -0.3 is 15.2 Å². The predicted molar refractivity (Wildman–Crippen MR) is 73.2 cm³/mol. The maximum atomic E-state index is 12.0. The Morgan fingerprint density at radius 1 is 1.48 bits per heavy atom. The van der Waals surface area contributed by atoms with Crippen molar-refractivity contribution in [1.82, 2.24) is 5.32 Å². The van der Waals surface area contributed by atoms with Gasteiger partial charge in [-0.05, 0) is 19.1 Å². The zero-order valence-electron chi connectivity index (χ0n) is 11.7. The number of carboxylic acids is 1. The largest absolute Gasteiger partial charge is 0.480 e. The number of aryl methyl sites for hydroxylation is 1. The van der Waals surface area contributed by atoms with E-state index >= 15 is 0 Å². The Hall–Kier alpha value is -2.48. The summed E-state index contributed by atoms with van der Waals surface area (Å²) in [6.07, 6.45) is 0.129. The van der Waals surface area contributed by atoms with Crippen molar-refractivity contribution < 1.29 is 24.4 Å². The summed E-state index contributed by atoms with van der Waals surface area (Å²) in [7, 11) is 1.43. The van der Waals surface area contributed by atoms with Crippen LogP contribution in [0.4, 0.5) is 5.69 Å². The number of benzene rings is 1. The molecule has 1 amide bonds. The molecule has 0 aliphatic carbocycles. The summed E-state index contributed by atoms with van der Waals surface area (Å²) in [5, 5.41) is 22.1. The maximum Gasteiger partial charge on any atom is 0.326 e. The predicted octanol–water partition coefficient (Wildman–Crippen LogP) is 1.12. The minimum atomic E-state index is -1.17. The molecule has 1 unspecified atom stereocenters. The van der Waals surface area contributed by atoms with Crippen molar-refractivity contribution in [3.8, 4) is 0 Å². The van der Waals surface area contributed by atoms with E-state index in [2.05, 4.69) is 5.32 Å². The molecule has 1 rings (SSSR count). The third-order valence-corrected chi connectivity index (χ3v) is 2.87. The molecule has 1 aromatic carbocycles. The normalized spacial score (nSPS) is 11.7. The average molecular weight is 296 g/mol. The number of nitrogens with one attached hydrogen (secondary N) is 1. The quantitative estimate of drug-likeness (QED) is 0.575. The molecule has 114 valence electrons. The molecule has 1 atom stereocenters. The standard InChI is InChI=1S/C13H16N2O6/c1-8-7-9(3-4-11(8)15(19)20)12(16)14-10(13(17)18)5-6-21-2/h3-4,7,10H,5-6H2,1-2H3,(H,14,16)(H,17,18). The zero-order chi connectivity index (χ0) is 16.0. The lowest BCUT2D eigenvalue weighted by atomic mass is 10.1. The molecule has 0 saturated carbocycles. The van der Waals surface area contributed by atoms with Gasteiger partial charge in [0.1, 0.15) is 6.04 Å². The van der Waals surface area contributed by atoms with E-state index in [0.29, 0.717) is 5.56 Å². The number of carbonyl (C=O) groups is 2. The fraction of sp³-hybridized carbons (Fsp3) is 0.385. The molecule has 21 heavy (non-hydrogen) atoms.